The minimum atomic E-state index is -0.0619. The molecule has 4 rings (SSSR count). The van der Waals surface area contributed by atoms with E-state index in [1.807, 2.05) is 42.6 Å². The number of thiocarbonyl (C=S) groups is 1. The van der Waals surface area contributed by atoms with Gasteiger partial charge in [0.25, 0.3) is 0 Å². The minimum Gasteiger partial charge on any atom is -0.490 e. The number of aryl methyl sites for hydroxylation is 1. The van der Waals surface area contributed by atoms with Crippen LogP contribution in [0, 0.1) is 6.92 Å². The second-order valence-electron chi connectivity index (χ2n) is 6.90. The van der Waals surface area contributed by atoms with E-state index in [0.717, 1.165) is 11.4 Å². The number of anilines is 1. The number of nitrogens with one attached hydrogen (secondary N) is 1. The number of ether oxygens (including phenoxy) is 2. The minimum absolute atomic E-state index is 0.0255. The maximum absolute atomic E-state index is 6.52. The summed E-state index contributed by atoms with van der Waals surface area (Å²) in [6.07, 6.45) is 1.81. The Bertz CT molecular complexity index is 1030. The van der Waals surface area contributed by atoms with E-state index < -0.39 is 0 Å². The summed E-state index contributed by atoms with van der Waals surface area (Å²) < 4.78 is 10.7. The van der Waals surface area contributed by atoms with Gasteiger partial charge in [-0.1, -0.05) is 17.7 Å². The molecule has 0 saturated carbocycles. The van der Waals surface area contributed by atoms with Gasteiger partial charge in [-0.2, -0.15) is 0 Å². The maximum Gasteiger partial charge on any atom is 0.174 e. The highest BCUT2D eigenvalue weighted by Crippen LogP contribution is 2.44. The van der Waals surface area contributed by atoms with Crippen LogP contribution in [0.1, 0.15) is 27.5 Å². The molecule has 2 atom stereocenters. The van der Waals surface area contributed by atoms with Crippen molar-refractivity contribution in [2.45, 2.75) is 19.0 Å². The lowest BCUT2D eigenvalue weighted by molar-refractivity contribution is 0.146. The Morgan fingerprint density at radius 3 is 2.73 bits per heavy atom. The van der Waals surface area contributed by atoms with Gasteiger partial charge in [0.2, 0.25) is 0 Å². The molecule has 0 radical (unpaired) electrons. The van der Waals surface area contributed by atoms with Gasteiger partial charge in [0.15, 0.2) is 5.11 Å². The molecule has 2 aromatic heterocycles. The molecule has 3 heterocycles. The zero-order valence-electron chi connectivity index (χ0n) is 16.7. The van der Waals surface area contributed by atoms with Crippen molar-refractivity contribution >= 4 is 46.0 Å². The molecule has 30 heavy (non-hydrogen) atoms. The van der Waals surface area contributed by atoms with E-state index >= 15 is 0 Å². The summed E-state index contributed by atoms with van der Waals surface area (Å²) in [4.78, 5) is 9.16. The number of pyridine rings is 1. The van der Waals surface area contributed by atoms with Crippen molar-refractivity contribution in [2.75, 3.05) is 25.2 Å². The van der Waals surface area contributed by atoms with Crippen LogP contribution < -0.4 is 15.0 Å². The second kappa shape index (κ2) is 9.31. The van der Waals surface area contributed by atoms with E-state index in [2.05, 4.69) is 34.3 Å². The molecule has 0 aliphatic carbocycles. The molecule has 0 unspecified atom stereocenters. The molecule has 0 bridgehead atoms. The first kappa shape index (κ1) is 21.1. The summed E-state index contributed by atoms with van der Waals surface area (Å²) in [5, 5.41) is 4.64. The highest BCUT2D eigenvalue weighted by atomic mass is 35.5. The summed E-state index contributed by atoms with van der Waals surface area (Å²) in [5.74, 6) is 0.625. The van der Waals surface area contributed by atoms with Crippen LogP contribution >= 0.6 is 35.2 Å². The molecule has 0 amide bonds. The second-order valence-corrected chi connectivity index (χ2v) is 9.01. The van der Waals surface area contributed by atoms with Gasteiger partial charge in [0.1, 0.15) is 12.4 Å². The van der Waals surface area contributed by atoms with Crippen LogP contribution in [0.4, 0.5) is 5.69 Å². The number of halogens is 1. The van der Waals surface area contributed by atoms with Crippen LogP contribution in [0.25, 0.3) is 0 Å². The number of nitrogens with zero attached hydrogens (tertiary/aromatic N) is 2. The summed E-state index contributed by atoms with van der Waals surface area (Å²) in [7, 11) is 1.64. The van der Waals surface area contributed by atoms with Crippen molar-refractivity contribution in [3.63, 3.8) is 0 Å². The van der Waals surface area contributed by atoms with Gasteiger partial charge in [-0.25, -0.2) is 0 Å². The number of hydrogen-bond donors (Lipinski definition) is 1. The van der Waals surface area contributed by atoms with Crippen molar-refractivity contribution in [1.29, 1.82) is 0 Å². The molecular weight excluding hydrogens is 438 g/mol. The Morgan fingerprint density at radius 2 is 2.07 bits per heavy atom. The average molecular weight is 460 g/mol. The highest BCUT2D eigenvalue weighted by Gasteiger charge is 2.41. The van der Waals surface area contributed by atoms with Gasteiger partial charge in [-0.05, 0) is 61.6 Å². The quantitative estimate of drug-likeness (QED) is 0.381. The summed E-state index contributed by atoms with van der Waals surface area (Å²) in [6, 6.07) is 15.9. The molecule has 0 spiro atoms. The Kier molecular flexibility index (Phi) is 6.53. The average Bonchev–Trinajstić information content (AvgIpc) is 3.33. The largest absolute Gasteiger partial charge is 0.490 e. The molecule has 1 aliphatic rings. The zero-order valence-corrected chi connectivity index (χ0v) is 19.1. The lowest BCUT2D eigenvalue weighted by atomic mass is 10.0. The summed E-state index contributed by atoms with van der Waals surface area (Å²) >= 11 is 14.0. The molecule has 1 fully saturated rings. The van der Waals surface area contributed by atoms with Crippen molar-refractivity contribution in [2.24, 2.45) is 0 Å². The summed E-state index contributed by atoms with van der Waals surface area (Å²) in [6.45, 7) is 3.06. The third kappa shape index (κ3) is 4.30. The Labute approximate surface area is 190 Å². The molecule has 8 heteroatoms. The van der Waals surface area contributed by atoms with Crippen LogP contribution in [-0.2, 0) is 4.74 Å². The third-order valence-electron chi connectivity index (χ3n) is 4.89. The van der Waals surface area contributed by atoms with E-state index in [0.29, 0.717) is 29.1 Å². The first-order valence-corrected chi connectivity index (χ1v) is 11.2. The van der Waals surface area contributed by atoms with Gasteiger partial charge in [-0.15, -0.1) is 11.3 Å². The van der Waals surface area contributed by atoms with Crippen molar-refractivity contribution in [3.05, 3.63) is 75.2 Å². The first-order valence-electron chi connectivity index (χ1n) is 9.57. The van der Waals surface area contributed by atoms with Crippen LogP contribution in [-0.4, -0.2) is 30.4 Å². The molecule has 1 aromatic carbocycles. The van der Waals surface area contributed by atoms with Crippen LogP contribution in [0.2, 0.25) is 5.02 Å². The predicted molar refractivity (Wildman–Crippen MR) is 126 cm³/mol. The SMILES string of the molecule is COCCOc1ccc(N2C(=S)N[C@@H](c3ccccn3)[C@@H]2c2ccc(C)s2)cc1Cl. The molecular formula is C22H22ClN3O2S2. The number of benzene rings is 1. The molecule has 3 aromatic rings. The van der Waals surface area contributed by atoms with Gasteiger partial charge in [0, 0.05) is 28.7 Å². The first-order chi connectivity index (χ1) is 14.6. The van der Waals surface area contributed by atoms with E-state index in [1.165, 1.54) is 9.75 Å². The fraction of sp³-hybridized carbons (Fsp3) is 0.273. The van der Waals surface area contributed by atoms with Crippen molar-refractivity contribution < 1.29 is 9.47 Å². The van der Waals surface area contributed by atoms with E-state index in [1.54, 1.807) is 18.4 Å². The molecule has 5 nitrogen and oxygen atoms in total. The fourth-order valence-electron chi connectivity index (χ4n) is 3.53. The highest BCUT2D eigenvalue weighted by molar-refractivity contribution is 7.80. The topological polar surface area (TPSA) is 46.6 Å². The number of rotatable bonds is 7. The van der Waals surface area contributed by atoms with Crippen LogP contribution in [0.3, 0.4) is 0 Å². The van der Waals surface area contributed by atoms with Gasteiger partial charge >= 0.3 is 0 Å². The number of methoxy groups -OCH3 is 1. The number of aromatic nitrogens is 1. The lowest BCUT2D eigenvalue weighted by Gasteiger charge is -2.27. The molecule has 1 aliphatic heterocycles. The summed E-state index contributed by atoms with van der Waals surface area (Å²) in [5.41, 5.74) is 1.86. The van der Waals surface area contributed by atoms with Crippen molar-refractivity contribution in [1.82, 2.24) is 10.3 Å². The van der Waals surface area contributed by atoms with E-state index in [9.17, 15) is 0 Å². The number of hydrogen-bond acceptors (Lipinski definition) is 5. The maximum atomic E-state index is 6.52. The van der Waals surface area contributed by atoms with Crippen molar-refractivity contribution in [3.8, 4) is 5.75 Å². The van der Waals surface area contributed by atoms with Crippen LogP contribution in [0.5, 0.6) is 5.75 Å². The Hall–Kier alpha value is -2.19. The molecule has 156 valence electrons. The smallest absolute Gasteiger partial charge is 0.174 e. The Balaban J connectivity index is 1.70. The van der Waals surface area contributed by atoms with E-state index in [4.69, 9.17) is 33.3 Å². The Morgan fingerprint density at radius 1 is 1.20 bits per heavy atom. The predicted octanol–water partition coefficient (Wildman–Crippen LogP) is 5.31. The molecule has 1 saturated heterocycles. The van der Waals surface area contributed by atoms with E-state index in [-0.39, 0.29) is 12.1 Å². The standard InChI is InChI=1S/C22H22ClN3O2S2/c1-14-6-9-19(30-14)21-20(17-5-3-4-10-24-17)25-22(29)26(21)15-7-8-18(16(23)13-15)28-12-11-27-2/h3-10,13,20-21H,11-12H2,1-2H3,(H,25,29)/t20-,21-/m0/s1. The molecule has 1 N–H and O–H groups in total. The lowest BCUT2D eigenvalue weighted by Crippen LogP contribution is -2.29. The zero-order chi connectivity index (χ0) is 21.1. The third-order valence-corrected chi connectivity index (χ3v) is 6.57. The van der Waals surface area contributed by atoms with Crippen LogP contribution in [0.15, 0.2) is 54.7 Å². The van der Waals surface area contributed by atoms with Gasteiger partial charge < -0.3 is 19.7 Å². The fourth-order valence-corrected chi connectivity index (χ4v) is 5.11. The monoisotopic (exact) mass is 459 g/mol. The van der Waals surface area contributed by atoms with Gasteiger partial charge in [0.05, 0.1) is 29.4 Å². The van der Waals surface area contributed by atoms with Gasteiger partial charge in [-0.3, -0.25) is 4.98 Å². The normalized spacial score (nSPS) is 18.5. The number of thiophene rings is 1.